The van der Waals surface area contributed by atoms with Crippen molar-refractivity contribution < 1.29 is 13.2 Å². The Labute approximate surface area is 178 Å². The molecule has 31 heavy (non-hydrogen) atoms. The molecule has 10 nitrogen and oxygen atoms in total. The largest absolute Gasteiger partial charge is 0.339 e. The molecule has 4 aromatic heterocycles. The summed E-state index contributed by atoms with van der Waals surface area (Å²) in [5.74, 6) is 0.408. The van der Waals surface area contributed by atoms with Crippen LogP contribution in [0.15, 0.2) is 54.1 Å². The van der Waals surface area contributed by atoms with Gasteiger partial charge in [-0.05, 0) is 36.8 Å². The fourth-order valence-corrected chi connectivity index (χ4v) is 3.68. The molecule has 0 saturated heterocycles. The van der Waals surface area contributed by atoms with Crippen LogP contribution in [0.1, 0.15) is 12.5 Å². The highest BCUT2D eigenvalue weighted by Crippen LogP contribution is 2.31. The van der Waals surface area contributed by atoms with E-state index in [1.54, 1.807) is 42.3 Å². The van der Waals surface area contributed by atoms with Crippen molar-refractivity contribution in [3.8, 4) is 11.3 Å². The molecule has 1 amide bonds. The Hall–Kier alpha value is -3.86. The molecule has 0 bridgehead atoms. The summed E-state index contributed by atoms with van der Waals surface area (Å²) in [5, 5.41) is 10.3. The minimum atomic E-state index is -3.49. The van der Waals surface area contributed by atoms with Gasteiger partial charge in [0.2, 0.25) is 5.91 Å². The van der Waals surface area contributed by atoms with Crippen molar-refractivity contribution in [2.24, 2.45) is 0 Å². The summed E-state index contributed by atoms with van der Waals surface area (Å²) in [6.45, 7) is 3.17. The average Bonchev–Trinajstić information content (AvgIpc) is 3.10. The van der Waals surface area contributed by atoms with E-state index >= 15 is 0 Å². The zero-order valence-corrected chi connectivity index (χ0v) is 17.8. The number of hydrogen-bond donors (Lipinski definition) is 2. The molecule has 0 atom stereocenters. The van der Waals surface area contributed by atoms with Gasteiger partial charge in [-0.1, -0.05) is 0 Å². The van der Waals surface area contributed by atoms with Crippen LogP contribution in [0.2, 0.25) is 0 Å². The number of nitrogens with one attached hydrogen (secondary N) is 2. The van der Waals surface area contributed by atoms with E-state index in [1.807, 2.05) is 12.1 Å². The lowest BCUT2D eigenvalue weighted by Gasteiger charge is -2.13. The Morgan fingerprint density at radius 2 is 1.94 bits per heavy atom. The highest BCUT2D eigenvalue weighted by Gasteiger charge is 2.15. The molecule has 0 aromatic carbocycles. The van der Waals surface area contributed by atoms with Crippen molar-refractivity contribution >= 4 is 38.6 Å². The van der Waals surface area contributed by atoms with Crippen LogP contribution in [0.25, 0.3) is 16.8 Å². The molecule has 0 aliphatic carbocycles. The number of nitrogens with zero attached hydrogens (tertiary/aromatic N) is 5. The van der Waals surface area contributed by atoms with E-state index in [1.165, 1.54) is 13.0 Å². The lowest BCUT2D eigenvalue weighted by atomic mass is 10.1. The molecule has 4 heterocycles. The average molecular weight is 437 g/mol. The quantitative estimate of drug-likeness (QED) is 0.487. The molecule has 0 saturated carbocycles. The molecular formula is C20H19N7O3S. The number of pyridine rings is 2. The van der Waals surface area contributed by atoms with Crippen LogP contribution in [0.3, 0.4) is 0 Å². The molecule has 0 aliphatic rings. The van der Waals surface area contributed by atoms with Crippen molar-refractivity contribution in [2.45, 2.75) is 18.9 Å². The summed E-state index contributed by atoms with van der Waals surface area (Å²) in [6, 6.07) is 8.57. The van der Waals surface area contributed by atoms with Crippen LogP contribution in [0.5, 0.6) is 0 Å². The topological polar surface area (TPSA) is 131 Å². The van der Waals surface area contributed by atoms with E-state index in [4.69, 9.17) is 0 Å². The third-order valence-electron chi connectivity index (χ3n) is 4.34. The van der Waals surface area contributed by atoms with Crippen LogP contribution < -0.4 is 10.6 Å². The number of hydrogen-bond acceptors (Lipinski definition) is 8. The second kappa shape index (κ2) is 7.76. The van der Waals surface area contributed by atoms with Gasteiger partial charge in [-0.15, -0.1) is 0 Å². The fourth-order valence-electron chi connectivity index (χ4n) is 3.02. The number of sulfone groups is 1. The van der Waals surface area contributed by atoms with E-state index in [-0.39, 0.29) is 10.9 Å². The first-order valence-electron chi connectivity index (χ1n) is 9.22. The summed E-state index contributed by atoms with van der Waals surface area (Å²) in [5.41, 5.74) is 3.38. The second-order valence-corrected chi connectivity index (χ2v) is 9.00. The van der Waals surface area contributed by atoms with Gasteiger partial charge in [0, 0.05) is 37.2 Å². The van der Waals surface area contributed by atoms with Gasteiger partial charge in [-0.3, -0.25) is 4.79 Å². The highest BCUT2D eigenvalue weighted by atomic mass is 32.2. The smallest absolute Gasteiger partial charge is 0.222 e. The van der Waals surface area contributed by atoms with Gasteiger partial charge in [0.1, 0.15) is 18.0 Å². The van der Waals surface area contributed by atoms with Gasteiger partial charge in [-0.25, -0.2) is 27.9 Å². The zero-order chi connectivity index (χ0) is 22.2. The van der Waals surface area contributed by atoms with Crippen LogP contribution in [-0.4, -0.2) is 45.1 Å². The monoisotopic (exact) mass is 437 g/mol. The van der Waals surface area contributed by atoms with Gasteiger partial charge < -0.3 is 10.6 Å². The standard InChI is InChI=1S/C20H19N7O3S/c1-12-6-19(25-20(7-12)31(3,29)30)24-16-9-18(23-13(2)28)22-10-15(16)17-8-14-4-5-21-11-27(14)26-17/h4-11H,1-3H3,(H2,22,23,24,25,28). The third-order valence-corrected chi connectivity index (χ3v) is 5.31. The van der Waals surface area contributed by atoms with Crippen molar-refractivity contribution in [3.63, 3.8) is 0 Å². The van der Waals surface area contributed by atoms with Crippen molar-refractivity contribution in [3.05, 3.63) is 54.6 Å². The van der Waals surface area contributed by atoms with E-state index in [0.717, 1.165) is 17.3 Å². The summed E-state index contributed by atoms with van der Waals surface area (Å²) < 4.78 is 25.6. The first kappa shape index (κ1) is 20.4. The SMILES string of the molecule is CC(=O)Nc1cc(Nc2cc(C)cc(S(C)(=O)=O)n2)c(-c2cc3ccncn3n2)cn1. The number of aromatic nitrogens is 5. The van der Waals surface area contributed by atoms with Crippen molar-refractivity contribution in [1.29, 1.82) is 0 Å². The van der Waals surface area contributed by atoms with Gasteiger partial charge >= 0.3 is 0 Å². The minimum absolute atomic E-state index is 0.0357. The first-order valence-corrected chi connectivity index (χ1v) is 11.1. The lowest BCUT2D eigenvalue weighted by molar-refractivity contribution is -0.114. The fraction of sp³-hybridized carbons (Fsp3) is 0.150. The van der Waals surface area contributed by atoms with Crippen LogP contribution in [0.4, 0.5) is 17.3 Å². The zero-order valence-electron chi connectivity index (χ0n) is 17.0. The molecule has 11 heteroatoms. The molecule has 4 aromatic rings. The maximum absolute atomic E-state index is 12.0. The number of rotatable bonds is 5. The molecule has 0 spiro atoms. The Bertz CT molecular complexity index is 1380. The molecule has 0 unspecified atom stereocenters. The second-order valence-electron chi connectivity index (χ2n) is 7.04. The van der Waals surface area contributed by atoms with Gasteiger partial charge in [0.05, 0.1) is 16.9 Å². The predicted octanol–water partition coefficient (Wildman–Crippen LogP) is 2.60. The normalized spacial score (nSPS) is 11.5. The molecule has 0 fully saturated rings. The predicted molar refractivity (Wildman–Crippen MR) is 116 cm³/mol. The summed E-state index contributed by atoms with van der Waals surface area (Å²) in [4.78, 5) is 24.1. The number of anilines is 3. The van der Waals surface area contributed by atoms with E-state index in [9.17, 15) is 13.2 Å². The summed E-state index contributed by atoms with van der Waals surface area (Å²) in [6.07, 6.45) is 5.94. The molecule has 4 rings (SSSR count). The van der Waals surface area contributed by atoms with Gasteiger partial charge in [0.25, 0.3) is 0 Å². The van der Waals surface area contributed by atoms with Crippen LogP contribution in [-0.2, 0) is 14.6 Å². The minimum Gasteiger partial charge on any atom is -0.339 e. The maximum Gasteiger partial charge on any atom is 0.222 e. The van der Waals surface area contributed by atoms with Crippen LogP contribution in [0, 0.1) is 6.92 Å². The Balaban J connectivity index is 1.83. The van der Waals surface area contributed by atoms with E-state index in [2.05, 4.69) is 30.7 Å². The van der Waals surface area contributed by atoms with Gasteiger partial charge in [-0.2, -0.15) is 5.10 Å². The number of aryl methyl sites for hydroxylation is 1. The Morgan fingerprint density at radius 1 is 1.13 bits per heavy atom. The molecular weight excluding hydrogens is 418 g/mol. The Kier molecular flexibility index (Phi) is 5.11. The van der Waals surface area contributed by atoms with E-state index in [0.29, 0.717) is 28.6 Å². The molecule has 158 valence electrons. The number of fused-ring (bicyclic) bond motifs is 1. The molecule has 0 radical (unpaired) electrons. The van der Waals surface area contributed by atoms with Crippen molar-refractivity contribution in [2.75, 3.05) is 16.9 Å². The number of amides is 1. The molecule has 2 N–H and O–H groups in total. The highest BCUT2D eigenvalue weighted by molar-refractivity contribution is 7.90. The summed E-state index contributed by atoms with van der Waals surface area (Å²) >= 11 is 0. The number of carbonyl (C=O) groups is 1. The Morgan fingerprint density at radius 3 is 2.65 bits per heavy atom. The number of carbonyl (C=O) groups excluding carboxylic acids is 1. The van der Waals surface area contributed by atoms with Gasteiger partial charge in [0.15, 0.2) is 14.9 Å². The third kappa shape index (κ3) is 4.51. The van der Waals surface area contributed by atoms with E-state index < -0.39 is 9.84 Å². The van der Waals surface area contributed by atoms with Crippen LogP contribution >= 0.6 is 0 Å². The first-order chi connectivity index (χ1) is 14.7. The summed E-state index contributed by atoms with van der Waals surface area (Å²) in [7, 11) is -3.49. The van der Waals surface area contributed by atoms with Crippen molar-refractivity contribution in [1.82, 2.24) is 24.6 Å². The lowest BCUT2D eigenvalue weighted by Crippen LogP contribution is -2.09. The maximum atomic E-state index is 12.0. The molecule has 0 aliphatic heterocycles.